The molecule has 1 saturated heterocycles. The Balaban J connectivity index is 1.57. The highest BCUT2D eigenvalue weighted by molar-refractivity contribution is 7.90. The molecule has 1 aliphatic heterocycles. The van der Waals surface area contributed by atoms with Crippen molar-refractivity contribution in [3.8, 4) is 16.8 Å². The maximum Gasteiger partial charge on any atom is 0.283 e. The molecule has 0 atom stereocenters. The summed E-state index contributed by atoms with van der Waals surface area (Å²) in [6.07, 6.45) is 1.71. The number of ether oxygens (including phenoxy) is 2. The van der Waals surface area contributed by atoms with E-state index in [0.717, 1.165) is 41.0 Å². The van der Waals surface area contributed by atoms with E-state index in [1.165, 1.54) is 7.11 Å². The number of nitrogens with one attached hydrogen (secondary N) is 1. The van der Waals surface area contributed by atoms with E-state index in [1.807, 2.05) is 54.6 Å². The number of anilines is 1. The van der Waals surface area contributed by atoms with Crippen molar-refractivity contribution in [3.63, 3.8) is 0 Å². The van der Waals surface area contributed by atoms with Gasteiger partial charge in [-0.1, -0.05) is 30.3 Å². The fraction of sp³-hybridized carbons (Fsp3) is 0.269. The number of aromatic nitrogens is 3. The number of rotatable bonds is 8. The number of carbonyl (C=O) groups excluding carboxylic acids is 1. The average Bonchev–Trinajstić information content (AvgIpc) is 3.36. The van der Waals surface area contributed by atoms with Crippen molar-refractivity contribution in [2.24, 2.45) is 0 Å². The summed E-state index contributed by atoms with van der Waals surface area (Å²) in [6.45, 7) is 3.00. The zero-order valence-corrected chi connectivity index (χ0v) is 21.1. The van der Waals surface area contributed by atoms with Crippen molar-refractivity contribution >= 4 is 32.7 Å². The molecular formula is C26H27N5O5S. The Labute approximate surface area is 214 Å². The van der Waals surface area contributed by atoms with Gasteiger partial charge < -0.3 is 14.4 Å². The van der Waals surface area contributed by atoms with Gasteiger partial charge in [-0.15, -0.1) is 0 Å². The number of morpholine rings is 1. The highest BCUT2D eigenvalue weighted by Crippen LogP contribution is 2.31. The van der Waals surface area contributed by atoms with Crippen LogP contribution >= 0.6 is 0 Å². The zero-order chi connectivity index (χ0) is 25.8. The van der Waals surface area contributed by atoms with Crippen molar-refractivity contribution < 1.29 is 22.7 Å². The summed E-state index contributed by atoms with van der Waals surface area (Å²) in [6, 6.07) is 19.1. The van der Waals surface area contributed by atoms with Gasteiger partial charge in [-0.2, -0.15) is 5.10 Å². The van der Waals surface area contributed by atoms with E-state index < -0.39 is 15.9 Å². The first kappa shape index (κ1) is 24.9. The number of nitrogens with zero attached hydrogens (tertiary/aromatic N) is 4. The molecule has 1 fully saturated rings. The quantitative estimate of drug-likeness (QED) is 0.376. The number of fused-ring (bicyclic) bond motifs is 1. The Kier molecular flexibility index (Phi) is 7.17. The maximum absolute atomic E-state index is 13.0. The first-order valence-electron chi connectivity index (χ1n) is 11.9. The lowest BCUT2D eigenvalue weighted by molar-refractivity contribution is 0.0976. The number of methoxy groups -OCH3 is 1. The lowest BCUT2D eigenvalue weighted by Crippen LogP contribution is -2.36. The van der Waals surface area contributed by atoms with Crippen molar-refractivity contribution in [3.05, 3.63) is 72.6 Å². The molecule has 4 aromatic rings. The van der Waals surface area contributed by atoms with Crippen molar-refractivity contribution in [1.29, 1.82) is 0 Å². The average molecular weight is 522 g/mol. The summed E-state index contributed by atoms with van der Waals surface area (Å²) in [4.78, 5) is 19.8. The number of sulfonamides is 1. The molecule has 3 heterocycles. The molecule has 5 rings (SSSR count). The molecule has 0 aliphatic carbocycles. The number of amides is 1. The van der Waals surface area contributed by atoms with E-state index in [4.69, 9.17) is 9.47 Å². The van der Waals surface area contributed by atoms with Crippen molar-refractivity contribution in [2.45, 2.75) is 0 Å². The second-order valence-electron chi connectivity index (χ2n) is 8.57. The summed E-state index contributed by atoms with van der Waals surface area (Å²) >= 11 is 0. The van der Waals surface area contributed by atoms with Gasteiger partial charge >= 0.3 is 0 Å². The van der Waals surface area contributed by atoms with Crippen molar-refractivity contribution in [2.75, 3.05) is 50.7 Å². The molecule has 0 bridgehead atoms. The number of para-hydroxylation sites is 1. The van der Waals surface area contributed by atoms with E-state index in [-0.39, 0.29) is 18.1 Å². The van der Waals surface area contributed by atoms with E-state index >= 15 is 0 Å². The molecule has 37 heavy (non-hydrogen) atoms. The molecule has 2 aromatic carbocycles. The van der Waals surface area contributed by atoms with Crippen LogP contribution in [0.5, 0.6) is 0 Å². The van der Waals surface area contributed by atoms with Crippen LogP contribution in [0, 0.1) is 0 Å². The predicted octanol–water partition coefficient (Wildman–Crippen LogP) is 2.63. The van der Waals surface area contributed by atoms with E-state index in [1.54, 1.807) is 16.9 Å². The molecular weight excluding hydrogens is 494 g/mol. The maximum atomic E-state index is 13.0. The molecule has 0 spiro atoms. The number of hydrogen-bond acceptors (Lipinski definition) is 8. The summed E-state index contributed by atoms with van der Waals surface area (Å²) in [5.41, 5.74) is 3.84. The minimum absolute atomic E-state index is 0.0292. The summed E-state index contributed by atoms with van der Waals surface area (Å²) in [5, 5.41) is 5.26. The lowest BCUT2D eigenvalue weighted by Gasteiger charge is -2.29. The number of hydrogen-bond donors (Lipinski definition) is 1. The van der Waals surface area contributed by atoms with Gasteiger partial charge in [0.2, 0.25) is 10.0 Å². The van der Waals surface area contributed by atoms with Crippen LogP contribution < -0.4 is 9.62 Å². The number of pyridine rings is 1. The smallest absolute Gasteiger partial charge is 0.283 e. The Morgan fingerprint density at radius 2 is 1.78 bits per heavy atom. The third kappa shape index (κ3) is 5.48. The predicted molar refractivity (Wildman–Crippen MR) is 140 cm³/mol. The summed E-state index contributed by atoms with van der Waals surface area (Å²) in [5.74, 6) is -1.15. The van der Waals surface area contributed by atoms with Crippen LogP contribution in [-0.2, 0) is 19.5 Å². The SMILES string of the molecule is COCCS(=O)(=O)NC(=O)c1cc(-c2ccc(N3CCOCC3)cc2)c2cnn(-c3ccccc3)c2n1. The Bertz CT molecular complexity index is 1500. The van der Waals surface area contributed by atoms with Gasteiger partial charge in [-0.3, -0.25) is 4.79 Å². The number of carbonyl (C=O) groups is 1. The van der Waals surface area contributed by atoms with Gasteiger partial charge in [0.1, 0.15) is 5.69 Å². The van der Waals surface area contributed by atoms with Gasteiger partial charge in [0.05, 0.1) is 37.5 Å². The molecule has 1 N–H and O–H groups in total. The van der Waals surface area contributed by atoms with Crippen LogP contribution in [0.4, 0.5) is 5.69 Å². The molecule has 1 aliphatic rings. The van der Waals surface area contributed by atoms with Crippen LogP contribution in [0.2, 0.25) is 0 Å². The van der Waals surface area contributed by atoms with Crippen LogP contribution in [0.25, 0.3) is 27.8 Å². The normalized spacial score (nSPS) is 14.1. The van der Waals surface area contributed by atoms with Gasteiger partial charge in [0, 0.05) is 31.3 Å². The van der Waals surface area contributed by atoms with Gasteiger partial charge in [0.15, 0.2) is 5.65 Å². The first-order valence-corrected chi connectivity index (χ1v) is 13.5. The van der Waals surface area contributed by atoms with E-state index in [2.05, 4.69) is 19.7 Å². The molecule has 192 valence electrons. The van der Waals surface area contributed by atoms with Gasteiger partial charge in [-0.25, -0.2) is 22.8 Å². The molecule has 0 unspecified atom stereocenters. The largest absolute Gasteiger partial charge is 0.384 e. The monoisotopic (exact) mass is 521 g/mol. The Morgan fingerprint density at radius 3 is 2.49 bits per heavy atom. The van der Waals surface area contributed by atoms with Crippen molar-refractivity contribution in [1.82, 2.24) is 19.5 Å². The zero-order valence-electron chi connectivity index (χ0n) is 20.3. The molecule has 1 amide bonds. The third-order valence-corrected chi connectivity index (χ3v) is 7.33. The topological polar surface area (TPSA) is 116 Å². The lowest BCUT2D eigenvalue weighted by atomic mass is 10.0. The fourth-order valence-electron chi connectivity index (χ4n) is 4.22. The van der Waals surface area contributed by atoms with Gasteiger partial charge in [0.25, 0.3) is 5.91 Å². The van der Waals surface area contributed by atoms with Gasteiger partial charge in [-0.05, 0) is 41.5 Å². The van der Waals surface area contributed by atoms with Crippen LogP contribution in [-0.4, -0.2) is 74.9 Å². The minimum atomic E-state index is -3.89. The fourth-order valence-corrected chi connectivity index (χ4v) is 5.10. The molecule has 2 aromatic heterocycles. The van der Waals surface area contributed by atoms with E-state index in [9.17, 15) is 13.2 Å². The van der Waals surface area contributed by atoms with Crippen LogP contribution in [0.1, 0.15) is 10.5 Å². The molecule has 11 heteroatoms. The highest BCUT2D eigenvalue weighted by atomic mass is 32.2. The standard InChI is InChI=1S/C26H27N5O5S/c1-35-15-16-37(33,34)29-26(32)24-17-22(19-7-9-20(10-8-19)30-11-13-36-14-12-30)23-18-27-31(25(23)28-24)21-5-3-2-4-6-21/h2-10,17-18H,11-16H2,1H3,(H,29,32). The Hall–Kier alpha value is -3.80. The van der Waals surface area contributed by atoms with Crippen LogP contribution in [0.3, 0.4) is 0 Å². The second-order valence-corrected chi connectivity index (χ2v) is 10.4. The minimum Gasteiger partial charge on any atom is -0.384 e. The number of benzene rings is 2. The second kappa shape index (κ2) is 10.7. The molecule has 0 saturated carbocycles. The highest BCUT2D eigenvalue weighted by Gasteiger charge is 2.21. The first-order chi connectivity index (χ1) is 17.9. The Morgan fingerprint density at radius 1 is 1.05 bits per heavy atom. The molecule has 0 radical (unpaired) electrons. The third-order valence-electron chi connectivity index (χ3n) is 6.13. The summed E-state index contributed by atoms with van der Waals surface area (Å²) in [7, 11) is -2.49. The van der Waals surface area contributed by atoms with Crippen LogP contribution in [0.15, 0.2) is 66.9 Å². The molecule has 10 nitrogen and oxygen atoms in total. The summed E-state index contributed by atoms with van der Waals surface area (Å²) < 4.78 is 38.7. The van der Waals surface area contributed by atoms with E-state index in [0.29, 0.717) is 18.9 Å².